The molecule has 0 aliphatic rings. The van der Waals surface area contributed by atoms with Gasteiger partial charge in [0.2, 0.25) is 17.2 Å². The first-order valence-electron chi connectivity index (χ1n) is 6.39. The maximum atomic E-state index is 5.91. The fourth-order valence-corrected chi connectivity index (χ4v) is 1.96. The Kier molecular flexibility index (Phi) is 4.68. The van der Waals surface area contributed by atoms with Crippen LogP contribution < -0.4 is 10.2 Å². The summed E-state index contributed by atoms with van der Waals surface area (Å²) in [6.45, 7) is 5.38. The van der Waals surface area contributed by atoms with Crippen LogP contribution in [0, 0.1) is 6.92 Å². The van der Waals surface area contributed by atoms with Gasteiger partial charge in [-0.3, -0.25) is 4.98 Å². The minimum Gasteiger partial charge on any atom is -0.357 e. The van der Waals surface area contributed by atoms with Crippen LogP contribution in [0.3, 0.4) is 0 Å². The molecule has 2 rings (SSSR count). The van der Waals surface area contributed by atoms with Crippen LogP contribution in [0.1, 0.15) is 18.3 Å². The molecule has 0 fully saturated rings. The van der Waals surface area contributed by atoms with Gasteiger partial charge in [-0.15, -0.1) is 0 Å². The summed E-state index contributed by atoms with van der Waals surface area (Å²) in [6, 6.07) is 5.95. The van der Waals surface area contributed by atoms with E-state index in [-0.39, 0.29) is 5.28 Å². The van der Waals surface area contributed by atoms with E-state index in [1.807, 2.05) is 36.9 Å². The largest absolute Gasteiger partial charge is 0.357 e. The average Bonchev–Trinajstić information content (AvgIpc) is 2.44. The number of nitrogens with one attached hydrogen (secondary N) is 1. The fourth-order valence-electron chi connectivity index (χ4n) is 1.80. The maximum absolute atomic E-state index is 5.91. The second-order valence-corrected chi connectivity index (χ2v) is 4.60. The summed E-state index contributed by atoms with van der Waals surface area (Å²) in [6.07, 6.45) is 0. The first kappa shape index (κ1) is 14.5. The summed E-state index contributed by atoms with van der Waals surface area (Å²) >= 11 is 5.91. The van der Waals surface area contributed by atoms with Gasteiger partial charge in [0.15, 0.2) is 0 Å². The van der Waals surface area contributed by atoms with E-state index in [0.29, 0.717) is 18.4 Å². The van der Waals surface area contributed by atoms with E-state index in [0.717, 1.165) is 17.9 Å². The monoisotopic (exact) mass is 292 g/mol. The first-order chi connectivity index (χ1) is 9.62. The predicted molar refractivity (Wildman–Crippen MR) is 80.1 cm³/mol. The molecule has 106 valence electrons. The van der Waals surface area contributed by atoms with Gasteiger partial charge < -0.3 is 10.2 Å². The SMILES string of the molecule is CCN(Cc1cccc(C)n1)c1nc(Cl)nc(NC)n1. The lowest BCUT2D eigenvalue weighted by Crippen LogP contribution is -2.25. The summed E-state index contributed by atoms with van der Waals surface area (Å²) in [5.41, 5.74) is 1.96. The van der Waals surface area contributed by atoms with Crippen molar-refractivity contribution in [3.8, 4) is 0 Å². The number of aryl methyl sites for hydroxylation is 1. The van der Waals surface area contributed by atoms with Crippen molar-refractivity contribution in [2.24, 2.45) is 0 Å². The summed E-state index contributed by atoms with van der Waals surface area (Å²) in [4.78, 5) is 19.0. The molecule has 0 unspecified atom stereocenters. The van der Waals surface area contributed by atoms with Crippen LogP contribution in [-0.4, -0.2) is 33.5 Å². The van der Waals surface area contributed by atoms with Crippen LogP contribution in [0.4, 0.5) is 11.9 Å². The fraction of sp³-hybridized carbons (Fsp3) is 0.385. The lowest BCUT2D eigenvalue weighted by molar-refractivity contribution is 0.767. The molecule has 0 aliphatic heterocycles. The number of hydrogen-bond acceptors (Lipinski definition) is 6. The van der Waals surface area contributed by atoms with Gasteiger partial charge in [-0.25, -0.2) is 0 Å². The summed E-state index contributed by atoms with van der Waals surface area (Å²) in [7, 11) is 1.74. The van der Waals surface area contributed by atoms with Gasteiger partial charge in [0, 0.05) is 19.3 Å². The van der Waals surface area contributed by atoms with Crippen molar-refractivity contribution in [3.63, 3.8) is 0 Å². The summed E-state index contributed by atoms with van der Waals surface area (Å²) < 4.78 is 0. The molecule has 0 aromatic carbocycles. The molecule has 2 aromatic rings. The second-order valence-electron chi connectivity index (χ2n) is 4.26. The Morgan fingerprint density at radius 2 is 2.00 bits per heavy atom. The zero-order valence-electron chi connectivity index (χ0n) is 11.8. The number of rotatable bonds is 5. The zero-order valence-corrected chi connectivity index (χ0v) is 12.5. The van der Waals surface area contributed by atoms with Crippen molar-refractivity contribution in [3.05, 3.63) is 34.9 Å². The van der Waals surface area contributed by atoms with Crippen molar-refractivity contribution in [1.29, 1.82) is 0 Å². The van der Waals surface area contributed by atoms with E-state index < -0.39 is 0 Å². The van der Waals surface area contributed by atoms with Crippen LogP contribution in [0.5, 0.6) is 0 Å². The molecule has 2 heterocycles. The molecule has 0 atom stereocenters. The summed E-state index contributed by atoms with van der Waals surface area (Å²) in [5, 5.41) is 3.05. The third-order valence-corrected chi connectivity index (χ3v) is 2.95. The molecule has 0 bridgehead atoms. The van der Waals surface area contributed by atoms with Crippen LogP contribution in [0.15, 0.2) is 18.2 Å². The summed E-state index contributed by atoms with van der Waals surface area (Å²) in [5.74, 6) is 0.996. The van der Waals surface area contributed by atoms with E-state index in [9.17, 15) is 0 Å². The van der Waals surface area contributed by atoms with Crippen molar-refractivity contribution in [2.45, 2.75) is 20.4 Å². The highest BCUT2D eigenvalue weighted by Crippen LogP contribution is 2.15. The van der Waals surface area contributed by atoms with Gasteiger partial charge in [-0.1, -0.05) is 6.07 Å². The molecule has 0 saturated carbocycles. The number of aromatic nitrogens is 4. The van der Waals surface area contributed by atoms with Crippen LogP contribution >= 0.6 is 11.6 Å². The van der Waals surface area contributed by atoms with E-state index in [4.69, 9.17) is 11.6 Å². The van der Waals surface area contributed by atoms with E-state index in [1.54, 1.807) is 7.05 Å². The molecule has 6 nitrogen and oxygen atoms in total. The first-order valence-corrected chi connectivity index (χ1v) is 6.77. The van der Waals surface area contributed by atoms with Gasteiger partial charge in [-0.05, 0) is 37.6 Å². The number of pyridine rings is 1. The van der Waals surface area contributed by atoms with Crippen LogP contribution in [-0.2, 0) is 6.54 Å². The maximum Gasteiger partial charge on any atom is 0.231 e. The Balaban J connectivity index is 2.26. The van der Waals surface area contributed by atoms with Crippen molar-refractivity contribution in [2.75, 3.05) is 23.8 Å². The Hall–Kier alpha value is -1.95. The van der Waals surface area contributed by atoms with Gasteiger partial charge >= 0.3 is 0 Å². The molecule has 0 saturated heterocycles. The Morgan fingerprint density at radius 1 is 1.20 bits per heavy atom. The molecule has 0 amide bonds. The Labute approximate surface area is 123 Å². The van der Waals surface area contributed by atoms with Crippen molar-refractivity contribution >= 4 is 23.5 Å². The topological polar surface area (TPSA) is 66.8 Å². The highest BCUT2D eigenvalue weighted by atomic mass is 35.5. The minimum atomic E-state index is 0.176. The molecule has 0 aliphatic carbocycles. The normalized spacial score (nSPS) is 10.4. The molecular weight excluding hydrogens is 276 g/mol. The van der Waals surface area contributed by atoms with Crippen LogP contribution in [0.25, 0.3) is 0 Å². The van der Waals surface area contributed by atoms with Gasteiger partial charge in [0.05, 0.1) is 12.2 Å². The molecule has 7 heteroatoms. The van der Waals surface area contributed by atoms with Crippen molar-refractivity contribution < 1.29 is 0 Å². The lowest BCUT2D eigenvalue weighted by Gasteiger charge is -2.20. The Morgan fingerprint density at radius 3 is 2.65 bits per heavy atom. The average molecular weight is 293 g/mol. The number of hydrogen-bond donors (Lipinski definition) is 1. The van der Waals surface area contributed by atoms with Crippen LogP contribution in [0.2, 0.25) is 5.28 Å². The molecular formula is C13H17ClN6. The van der Waals surface area contributed by atoms with E-state index in [1.165, 1.54) is 0 Å². The molecule has 20 heavy (non-hydrogen) atoms. The predicted octanol–water partition coefficient (Wildman–Crippen LogP) is 2.30. The lowest BCUT2D eigenvalue weighted by atomic mass is 10.3. The number of anilines is 2. The third kappa shape index (κ3) is 3.54. The number of nitrogens with zero attached hydrogens (tertiary/aromatic N) is 5. The van der Waals surface area contributed by atoms with Gasteiger partial charge in [0.1, 0.15) is 0 Å². The third-order valence-electron chi connectivity index (χ3n) is 2.78. The van der Waals surface area contributed by atoms with Gasteiger partial charge in [0.25, 0.3) is 0 Å². The highest BCUT2D eigenvalue weighted by Gasteiger charge is 2.12. The molecule has 2 aromatic heterocycles. The molecule has 0 radical (unpaired) electrons. The van der Waals surface area contributed by atoms with Crippen molar-refractivity contribution in [1.82, 2.24) is 19.9 Å². The quantitative estimate of drug-likeness (QED) is 0.912. The molecule has 1 N–H and O–H groups in total. The smallest absolute Gasteiger partial charge is 0.231 e. The highest BCUT2D eigenvalue weighted by molar-refractivity contribution is 6.28. The second kappa shape index (κ2) is 6.47. The van der Waals surface area contributed by atoms with Gasteiger partial charge in [-0.2, -0.15) is 15.0 Å². The van der Waals surface area contributed by atoms with E-state index >= 15 is 0 Å². The zero-order chi connectivity index (χ0) is 14.5. The Bertz CT molecular complexity index is 589. The minimum absolute atomic E-state index is 0.176. The number of halogens is 1. The standard InChI is InChI=1S/C13H17ClN6/c1-4-20(8-10-7-5-6-9(2)16-10)13-18-11(14)17-12(15-3)19-13/h5-7H,4,8H2,1-3H3,(H,15,17,18,19). The molecule has 0 spiro atoms. The van der Waals surface area contributed by atoms with E-state index in [2.05, 4.69) is 25.3 Å².